The van der Waals surface area contributed by atoms with Crippen molar-refractivity contribution < 1.29 is 0 Å². The van der Waals surface area contributed by atoms with Crippen molar-refractivity contribution in [1.82, 2.24) is 0 Å². The summed E-state index contributed by atoms with van der Waals surface area (Å²) in [6.07, 6.45) is 0. The van der Waals surface area contributed by atoms with E-state index in [-0.39, 0.29) is 0 Å². The lowest BCUT2D eigenvalue weighted by atomic mass is 9.95. The predicted molar refractivity (Wildman–Crippen MR) is 218 cm³/mol. The van der Waals surface area contributed by atoms with Crippen LogP contribution in [0.2, 0.25) is 32.7 Å². The highest BCUT2D eigenvalue weighted by molar-refractivity contribution is 7.03. The Hall–Kier alpha value is -5.17. The molecule has 7 aromatic carbocycles. The molecule has 0 spiro atoms. The molecule has 7 aromatic rings. The van der Waals surface area contributed by atoms with Crippen LogP contribution >= 0.6 is 0 Å². The third-order valence-electron chi connectivity index (χ3n) is 10.2. The van der Waals surface area contributed by atoms with Gasteiger partial charge in [-0.3, -0.25) is 0 Å². The molecular weight excluding hydrogens is 625 g/mol. The van der Waals surface area contributed by atoms with Crippen molar-refractivity contribution in [3.05, 3.63) is 164 Å². The largest absolute Gasteiger partial charge is 0.311 e. The molecule has 240 valence electrons. The Morgan fingerprint density at radius 1 is 0.429 bits per heavy atom. The fraction of sp³-hybridized carbons (Fsp3) is 0.111. The lowest BCUT2D eigenvalue weighted by Gasteiger charge is -2.36. The number of benzene rings is 7. The van der Waals surface area contributed by atoms with Gasteiger partial charge in [0.1, 0.15) is 8.07 Å². The maximum absolute atomic E-state index is 2.53. The van der Waals surface area contributed by atoms with Crippen LogP contribution in [-0.4, -0.2) is 16.1 Å². The van der Waals surface area contributed by atoms with Crippen LogP contribution in [0.15, 0.2) is 164 Å². The molecule has 49 heavy (non-hydrogen) atoms. The van der Waals surface area contributed by atoms with E-state index in [9.17, 15) is 0 Å². The van der Waals surface area contributed by atoms with Crippen LogP contribution in [-0.2, 0) is 0 Å². The van der Waals surface area contributed by atoms with Crippen LogP contribution in [0.4, 0.5) is 34.1 Å². The molecule has 0 amide bonds. The standard InChI is InChI=1S/C45H42N2Si2/c1-48(2,3)38-27-24-36(25-28-38)47(35-20-13-8-14-21-35)42-31-30-40-39-29-26-37(32-44(39)49(4,5)43-23-15-22-41(42)45(40)43)46(33-16-9-6-10-17-33)34-18-11-7-12-19-34/h6-32H,1-5H3. The Balaban J connectivity index is 1.31. The van der Waals surface area contributed by atoms with Crippen molar-refractivity contribution in [2.75, 3.05) is 9.80 Å². The molecule has 4 heteroatoms. The summed E-state index contributed by atoms with van der Waals surface area (Å²) in [6, 6.07) is 60.5. The van der Waals surface area contributed by atoms with E-state index in [0.29, 0.717) is 0 Å². The van der Waals surface area contributed by atoms with Crippen LogP contribution in [0, 0.1) is 0 Å². The molecule has 0 atom stereocenters. The summed E-state index contributed by atoms with van der Waals surface area (Å²) in [7, 11) is -3.55. The summed E-state index contributed by atoms with van der Waals surface area (Å²) in [5.74, 6) is 0. The van der Waals surface area contributed by atoms with Gasteiger partial charge in [0.2, 0.25) is 0 Å². The summed E-state index contributed by atoms with van der Waals surface area (Å²) in [5, 5.41) is 7.16. The molecule has 0 aliphatic carbocycles. The average molecular weight is 667 g/mol. The highest BCUT2D eigenvalue weighted by Crippen LogP contribution is 2.44. The SMILES string of the molecule is C[Si](C)(C)c1ccc(N(c2ccccc2)c2ccc3c4c(cccc24)[Si](C)(C)c2cc(N(c4ccccc4)c4ccccc4)ccc2-3)cc1. The summed E-state index contributed by atoms with van der Waals surface area (Å²) >= 11 is 0. The third-order valence-corrected chi connectivity index (χ3v) is 15.8. The zero-order valence-corrected chi connectivity index (χ0v) is 31.0. The number of anilines is 6. The lowest BCUT2D eigenvalue weighted by Crippen LogP contribution is -2.56. The number of fused-ring (bicyclic) bond motifs is 2. The first-order valence-electron chi connectivity index (χ1n) is 17.3. The molecule has 0 saturated heterocycles. The van der Waals surface area contributed by atoms with Crippen molar-refractivity contribution in [3.63, 3.8) is 0 Å². The van der Waals surface area contributed by atoms with E-state index in [1.807, 2.05) is 0 Å². The van der Waals surface area contributed by atoms with Gasteiger partial charge in [0, 0.05) is 33.8 Å². The van der Waals surface area contributed by atoms with Crippen LogP contribution in [0.5, 0.6) is 0 Å². The Labute approximate surface area is 292 Å². The molecule has 8 rings (SSSR count). The van der Waals surface area contributed by atoms with Gasteiger partial charge in [-0.1, -0.05) is 135 Å². The lowest BCUT2D eigenvalue weighted by molar-refractivity contribution is 1.28. The van der Waals surface area contributed by atoms with Gasteiger partial charge in [-0.25, -0.2) is 0 Å². The fourth-order valence-electron chi connectivity index (χ4n) is 7.62. The maximum Gasteiger partial charge on any atom is 0.113 e. The van der Waals surface area contributed by atoms with Crippen LogP contribution < -0.4 is 25.4 Å². The smallest absolute Gasteiger partial charge is 0.113 e. The Bertz CT molecular complexity index is 2240. The number of hydrogen-bond acceptors (Lipinski definition) is 2. The van der Waals surface area contributed by atoms with E-state index in [4.69, 9.17) is 0 Å². The van der Waals surface area contributed by atoms with Gasteiger partial charge in [0.15, 0.2) is 0 Å². The second-order valence-electron chi connectivity index (χ2n) is 14.7. The van der Waals surface area contributed by atoms with Gasteiger partial charge in [-0.15, -0.1) is 0 Å². The zero-order valence-electron chi connectivity index (χ0n) is 29.0. The van der Waals surface area contributed by atoms with E-state index in [0.717, 1.165) is 11.4 Å². The van der Waals surface area contributed by atoms with Crippen molar-refractivity contribution in [3.8, 4) is 11.1 Å². The molecule has 0 fully saturated rings. The summed E-state index contributed by atoms with van der Waals surface area (Å²) in [4.78, 5) is 4.83. The molecular formula is C45H42N2Si2. The van der Waals surface area contributed by atoms with Crippen molar-refractivity contribution in [2.24, 2.45) is 0 Å². The van der Waals surface area contributed by atoms with Gasteiger partial charge in [0.05, 0.1) is 13.8 Å². The fourth-order valence-corrected chi connectivity index (χ4v) is 11.9. The highest BCUT2D eigenvalue weighted by Gasteiger charge is 2.37. The molecule has 1 aliphatic rings. The summed E-state index contributed by atoms with van der Waals surface area (Å²) in [5.41, 5.74) is 9.79. The van der Waals surface area contributed by atoms with E-state index < -0.39 is 16.1 Å². The van der Waals surface area contributed by atoms with Gasteiger partial charge < -0.3 is 9.80 Å². The van der Waals surface area contributed by atoms with Gasteiger partial charge in [-0.2, -0.15) is 0 Å². The molecule has 0 bridgehead atoms. The molecule has 0 unspecified atom stereocenters. The van der Waals surface area contributed by atoms with E-state index in [1.165, 1.54) is 60.2 Å². The van der Waals surface area contributed by atoms with E-state index in [2.05, 4.69) is 206 Å². The Kier molecular flexibility index (Phi) is 7.66. The summed E-state index contributed by atoms with van der Waals surface area (Å²) < 4.78 is 0. The second-order valence-corrected chi connectivity index (χ2v) is 24.1. The van der Waals surface area contributed by atoms with E-state index in [1.54, 1.807) is 0 Å². The minimum Gasteiger partial charge on any atom is -0.311 e. The molecule has 0 N–H and O–H groups in total. The quantitative estimate of drug-likeness (QED) is 0.156. The maximum atomic E-state index is 2.53. The monoisotopic (exact) mass is 666 g/mol. The molecule has 1 aliphatic heterocycles. The molecule has 2 nitrogen and oxygen atoms in total. The van der Waals surface area contributed by atoms with Crippen LogP contribution in [0.25, 0.3) is 21.9 Å². The number of hydrogen-bond donors (Lipinski definition) is 0. The number of para-hydroxylation sites is 3. The molecule has 0 aromatic heterocycles. The van der Waals surface area contributed by atoms with Crippen molar-refractivity contribution in [1.29, 1.82) is 0 Å². The average Bonchev–Trinajstić information content (AvgIpc) is 3.12. The minimum absolute atomic E-state index is 1.16. The van der Waals surface area contributed by atoms with Crippen molar-refractivity contribution >= 4 is 76.6 Å². The van der Waals surface area contributed by atoms with E-state index >= 15 is 0 Å². The Morgan fingerprint density at radius 3 is 1.51 bits per heavy atom. The van der Waals surface area contributed by atoms with Gasteiger partial charge in [-0.05, 0) is 93.6 Å². The minimum atomic E-state index is -2.13. The zero-order chi connectivity index (χ0) is 33.8. The van der Waals surface area contributed by atoms with Crippen molar-refractivity contribution in [2.45, 2.75) is 32.7 Å². The molecule has 0 saturated carbocycles. The highest BCUT2D eigenvalue weighted by atomic mass is 28.3. The number of nitrogens with zero attached hydrogens (tertiary/aromatic N) is 2. The Morgan fingerprint density at radius 2 is 0.939 bits per heavy atom. The summed E-state index contributed by atoms with van der Waals surface area (Å²) in [6.45, 7) is 12.3. The van der Waals surface area contributed by atoms with Gasteiger partial charge in [0.25, 0.3) is 0 Å². The molecule has 1 heterocycles. The predicted octanol–water partition coefficient (Wildman–Crippen LogP) is 11.1. The number of rotatable bonds is 7. The van der Waals surface area contributed by atoms with Gasteiger partial charge >= 0.3 is 0 Å². The normalized spacial score (nSPS) is 13.2. The van der Waals surface area contributed by atoms with Crippen LogP contribution in [0.1, 0.15) is 0 Å². The molecule has 0 radical (unpaired) electrons. The topological polar surface area (TPSA) is 6.48 Å². The first-order valence-corrected chi connectivity index (χ1v) is 23.8. The first kappa shape index (κ1) is 31.1. The second kappa shape index (κ2) is 12.1. The third kappa shape index (κ3) is 5.42. The van der Waals surface area contributed by atoms with Crippen LogP contribution in [0.3, 0.4) is 0 Å². The first-order chi connectivity index (χ1) is 23.7.